The van der Waals surface area contributed by atoms with Gasteiger partial charge in [0.05, 0.1) is 5.60 Å². The third-order valence-electron chi connectivity index (χ3n) is 8.05. The molecule has 1 aliphatic heterocycles. The summed E-state index contributed by atoms with van der Waals surface area (Å²) in [4.78, 5) is 13.7. The van der Waals surface area contributed by atoms with Crippen LogP contribution in [0.3, 0.4) is 0 Å². The molecule has 1 heterocycles. The van der Waals surface area contributed by atoms with Gasteiger partial charge in [0.25, 0.3) is 0 Å². The normalized spacial score (nSPS) is 36.0. The lowest BCUT2D eigenvalue weighted by molar-refractivity contribution is -0.138. The Morgan fingerprint density at radius 3 is 2.24 bits per heavy atom. The SMILES string of the molecule is CC1(C)Cc2ccc(C(C)(C)O)cc2/C(=C/C(=O)C23CC4CC(CC(C4)C2)C3)N1. The van der Waals surface area contributed by atoms with Crippen molar-refractivity contribution in [3.05, 3.63) is 41.0 Å². The van der Waals surface area contributed by atoms with Gasteiger partial charge in [0.15, 0.2) is 5.78 Å². The summed E-state index contributed by atoms with van der Waals surface area (Å²) in [6.45, 7) is 8.03. The van der Waals surface area contributed by atoms with E-state index in [0.29, 0.717) is 5.78 Å². The van der Waals surface area contributed by atoms with Crippen molar-refractivity contribution >= 4 is 11.5 Å². The minimum atomic E-state index is -0.892. The molecule has 0 amide bonds. The van der Waals surface area contributed by atoms with Crippen LogP contribution in [0.15, 0.2) is 24.3 Å². The highest BCUT2D eigenvalue weighted by Crippen LogP contribution is 2.60. The lowest BCUT2D eigenvalue weighted by Crippen LogP contribution is -2.50. The molecule has 1 aromatic rings. The zero-order chi connectivity index (χ0) is 20.6. The molecule has 0 aromatic heterocycles. The molecule has 0 spiro atoms. The first-order valence-corrected chi connectivity index (χ1v) is 11.4. The van der Waals surface area contributed by atoms with Gasteiger partial charge in [0.1, 0.15) is 0 Å². The average molecular weight is 394 g/mol. The lowest BCUT2D eigenvalue weighted by Gasteiger charge is -2.55. The van der Waals surface area contributed by atoms with Crippen molar-refractivity contribution in [2.45, 2.75) is 83.8 Å². The fourth-order valence-electron chi connectivity index (χ4n) is 7.12. The lowest BCUT2D eigenvalue weighted by atomic mass is 9.48. The molecule has 4 aliphatic carbocycles. The largest absolute Gasteiger partial charge is 0.386 e. The van der Waals surface area contributed by atoms with Gasteiger partial charge in [0, 0.05) is 28.3 Å². The van der Waals surface area contributed by atoms with E-state index in [2.05, 4.69) is 31.3 Å². The van der Waals surface area contributed by atoms with Crippen molar-refractivity contribution in [1.29, 1.82) is 0 Å². The van der Waals surface area contributed by atoms with Gasteiger partial charge in [0.2, 0.25) is 0 Å². The van der Waals surface area contributed by atoms with Crippen LogP contribution >= 0.6 is 0 Å². The van der Waals surface area contributed by atoms with Gasteiger partial charge in [-0.1, -0.05) is 12.1 Å². The maximum Gasteiger partial charge on any atom is 0.163 e. The number of fused-ring (bicyclic) bond motifs is 1. The summed E-state index contributed by atoms with van der Waals surface area (Å²) in [5, 5.41) is 14.2. The van der Waals surface area contributed by atoms with Crippen molar-refractivity contribution in [3.8, 4) is 0 Å². The number of ketones is 1. The van der Waals surface area contributed by atoms with Crippen LogP contribution in [0, 0.1) is 23.2 Å². The maximum absolute atomic E-state index is 13.7. The molecule has 3 heteroatoms. The molecule has 6 rings (SSSR count). The van der Waals surface area contributed by atoms with Crippen molar-refractivity contribution < 1.29 is 9.90 Å². The second-order valence-electron chi connectivity index (χ2n) is 11.7. The quantitative estimate of drug-likeness (QED) is 0.713. The molecule has 1 aromatic carbocycles. The number of aliphatic hydroxyl groups is 1. The van der Waals surface area contributed by atoms with E-state index in [4.69, 9.17) is 0 Å². The van der Waals surface area contributed by atoms with Crippen molar-refractivity contribution in [2.75, 3.05) is 0 Å². The molecule has 0 atom stereocenters. The van der Waals surface area contributed by atoms with Crippen LogP contribution in [0.25, 0.3) is 5.70 Å². The van der Waals surface area contributed by atoms with Crippen LogP contribution in [0.5, 0.6) is 0 Å². The highest BCUT2D eigenvalue weighted by molar-refractivity contribution is 6.01. The van der Waals surface area contributed by atoms with Gasteiger partial charge in [-0.2, -0.15) is 0 Å². The topological polar surface area (TPSA) is 49.3 Å². The second-order valence-corrected chi connectivity index (χ2v) is 11.7. The van der Waals surface area contributed by atoms with E-state index < -0.39 is 5.60 Å². The van der Waals surface area contributed by atoms with Crippen LogP contribution in [-0.2, 0) is 16.8 Å². The highest BCUT2D eigenvalue weighted by atomic mass is 16.3. The number of benzene rings is 1. The minimum Gasteiger partial charge on any atom is -0.386 e. The number of rotatable bonds is 3. The van der Waals surface area contributed by atoms with Gasteiger partial charge < -0.3 is 10.4 Å². The van der Waals surface area contributed by atoms with Gasteiger partial charge in [-0.25, -0.2) is 0 Å². The molecular formula is C26H35NO2. The summed E-state index contributed by atoms with van der Waals surface area (Å²) < 4.78 is 0. The predicted molar refractivity (Wildman–Crippen MR) is 116 cm³/mol. The molecule has 3 nitrogen and oxygen atoms in total. The average Bonchev–Trinajstić information content (AvgIpc) is 2.58. The van der Waals surface area contributed by atoms with Crippen LogP contribution in [0.4, 0.5) is 0 Å². The fraction of sp³-hybridized carbons (Fsp3) is 0.654. The minimum absolute atomic E-state index is 0.0865. The predicted octanol–water partition coefficient (Wildman–Crippen LogP) is 4.96. The molecule has 0 saturated heterocycles. The molecule has 4 fully saturated rings. The molecule has 0 unspecified atom stereocenters. The Morgan fingerprint density at radius 2 is 1.69 bits per heavy atom. The number of hydrogen-bond acceptors (Lipinski definition) is 3. The Labute approximate surface area is 175 Å². The number of carbonyl (C=O) groups is 1. The van der Waals surface area contributed by atoms with Gasteiger partial charge in [-0.15, -0.1) is 0 Å². The smallest absolute Gasteiger partial charge is 0.163 e. The number of allylic oxidation sites excluding steroid dienone is 1. The number of hydrogen-bond donors (Lipinski definition) is 2. The highest BCUT2D eigenvalue weighted by Gasteiger charge is 2.54. The van der Waals surface area contributed by atoms with Crippen molar-refractivity contribution in [2.24, 2.45) is 23.2 Å². The zero-order valence-electron chi connectivity index (χ0n) is 18.3. The Hall–Kier alpha value is -1.61. The van der Waals surface area contributed by atoms with E-state index in [1.165, 1.54) is 24.8 Å². The first-order chi connectivity index (χ1) is 13.5. The third-order valence-corrected chi connectivity index (χ3v) is 8.05. The molecule has 156 valence electrons. The summed E-state index contributed by atoms with van der Waals surface area (Å²) >= 11 is 0. The summed E-state index contributed by atoms with van der Waals surface area (Å²) in [5.74, 6) is 2.66. The van der Waals surface area contributed by atoms with Crippen LogP contribution in [0.2, 0.25) is 0 Å². The monoisotopic (exact) mass is 393 g/mol. The Balaban J connectivity index is 1.53. The first kappa shape index (κ1) is 19.4. The van der Waals surface area contributed by atoms with Gasteiger partial charge in [-0.05, 0) is 108 Å². The third kappa shape index (κ3) is 3.36. The summed E-state index contributed by atoms with van der Waals surface area (Å²) in [5.41, 5.74) is 3.09. The van der Waals surface area contributed by atoms with E-state index in [0.717, 1.165) is 60.3 Å². The van der Waals surface area contributed by atoms with E-state index in [1.54, 1.807) is 0 Å². The molecule has 0 radical (unpaired) electrons. The van der Waals surface area contributed by atoms with Gasteiger partial charge in [-0.3, -0.25) is 4.79 Å². The van der Waals surface area contributed by atoms with E-state index >= 15 is 0 Å². The number of carbonyl (C=O) groups excluding carboxylic acids is 1. The van der Waals surface area contributed by atoms with E-state index in [9.17, 15) is 9.90 Å². The van der Waals surface area contributed by atoms with Gasteiger partial charge >= 0.3 is 0 Å². The van der Waals surface area contributed by atoms with E-state index in [1.807, 2.05) is 26.0 Å². The Morgan fingerprint density at radius 1 is 1.10 bits per heavy atom. The standard InChI is InChI=1S/C26H35NO2/c1-24(2)15-19-5-6-20(25(3,4)29)10-21(19)22(27-24)11-23(28)26-12-16-7-17(13-26)9-18(8-16)14-26/h5-6,10-11,16-18,27,29H,7-9,12-15H2,1-4H3/b22-11-. The summed E-state index contributed by atoms with van der Waals surface area (Å²) in [7, 11) is 0. The molecule has 29 heavy (non-hydrogen) atoms. The summed E-state index contributed by atoms with van der Waals surface area (Å²) in [6.07, 6.45) is 10.2. The molecule has 4 saturated carbocycles. The second kappa shape index (κ2) is 6.20. The number of nitrogens with one attached hydrogen (secondary N) is 1. The van der Waals surface area contributed by atoms with Crippen LogP contribution in [-0.4, -0.2) is 16.4 Å². The Kier molecular flexibility index (Phi) is 4.14. The molecular weight excluding hydrogens is 358 g/mol. The summed E-state index contributed by atoms with van der Waals surface area (Å²) in [6, 6.07) is 6.24. The first-order valence-electron chi connectivity index (χ1n) is 11.4. The molecule has 5 aliphatic rings. The maximum atomic E-state index is 13.7. The van der Waals surface area contributed by atoms with Crippen LogP contribution < -0.4 is 5.32 Å². The fourth-order valence-corrected chi connectivity index (χ4v) is 7.12. The van der Waals surface area contributed by atoms with Crippen molar-refractivity contribution in [3.63, 3.8) is 0 Å². The molecule has 2 N–H and O–H groups in total. The molecule has 4 bridgehead atoms. The van der Waals surface area contributed by atoms with Crippen molar-refractivity contribution in [1.82, 2.24) is 5.32 Å². The van der Waals surface area contributed by atoms with Crippen LogP contribution in [0.1, 0.15) is 82.9 Å². The zero-order valence-corrected chi connectivity index (χ0v) is 18.3. The van der Waals surface area contributed by atoms with E-state index in [-0.39, 0.29) is 11.0 Å². The Bertz CT molecular complexity index is 851.